The second-order valence-corrected chi connectivity index (χ2v) is 9.53. The number of allylic oxidation sites excluding steroid dienone is 2. The molecule has 0 radical (unpaired) electrons. The molecule has 1 spiro atoms. The van der Waals surface area contributed by atoms with Crippen LogP contribution in [0.5, 0.6) is 0 Å². The largest absolute Gasteiger partial charge is 0.365 e. The molecule has 3 fully saturated rings. The highest BCUT2D eigenvalue weighted by Crippen LogP contribution is 2.68. The Morgan fingerprint density at radius 2 is 2.15 bits per heavy atom. The summed E-state index contributed by atoms with van der Waals surface area (Å²) in [6.07, 6.45) is 14.7. The Kier molecular flexibility index (Phi) is 3.68. The number of ether oxygens (including phenoxy) is 1. The molecule has 0 aromatic heterocycles. The lowest BCUT2D eigenvalue weighted by Gasteiger charge is -2.57. The van der Waals surface area contributed by atoms with E-state index in [1.807, 2.05) is 12.2 Å². The summed E-state index contributed by atoms with van der Waals surface area (Å²) < 4.78 is 6.11. The Balaban J connectivity index is 1.52. The Morgan fingerprint density at radius 1 is 1.31 bits per heavy atom. The Hall–Kier alpha value is -1.19. The van der Waals surface area contributed by atoms with Gasteiger partial charge in [0.15, 0.2) is 12.1 Å². The minimum absolute atomic E-state index is 0.0924. The molecule has 4 unspecified atom stereocenters. The second-order valence-electron chi connectivity index (χ2n) is 9.53. The van der Waals surface area contributed by atoms with Crippen molar-refractivity contribution in [1.29, 1.82) is 0 Å². The summed E-state index contributed by atoms with van der Waals surface area (Å²) in [7, 11) is 0. The van der Waals surface area contributed by atoms with E-state index in [0.717, 1.165) is 32.1 Å². The van der Waals surface area contributed by atoms with Crippen molar-refractivity contribution >= 4 is 5.78 Å². The van der Waals surface area contributed by atoms with E-state index < -0.39 is 6.29 Å². The third-order valence-electron chi connectivity index (χ3n) is 8.74. The molecule has 5 aliphatic rings. The van der Waals surface area contributed by atoms with E-state index in [2.05, 4.69) is 25.7 Å². The maximum absolute atomic E-state index is 12.0. The lowest BCUT2D eigenvalue weighted by molar-refractivity contribution is -0.183. The smallest absolute Gasteiger partial charge is 0.175 e. The van der Waals surface area contributed by atoms with Crippen LogP contribution in [0.15, 0.2) is 36.5 Å². The summed E-state index contributed by atoms with van der Waals surface area (Å²) in [6, 6.07) is 0. The normalized spacial score (nSPS) is 52.4. The van der Waals surface area contributed by atoms with E-state index in [4.69, 9.17) is 4.74 Å². The molecule has 0 aromatic carbocycles. The van der Waals surface area contributed by atoms with Gasteiger partial charge in [0.1, 0.15) is 0 Å². The van der Waals surface area contributed by atoms with Crippen molar-refractivity contribution in [2.24, 2.45) is 35.0 Å². The van der Waals surface area contributed by atoms with Crippen LogP contribution in [0.3, 0.4) is 0 Å². The molecular formula is C23H30O3. The predicted octanol–water partition coefficient (Wildman–Crippen LogP) is 4.18. The summed E-state index contributed by atoms with van der Waals surface area (Å²) >= 11 is 0. The molecule has 0 aromatic rings. The number of carbonyl (C=O) groups is 1. The maximum Gasteiger partial charge on any atom is 0.175 e. The van der Waals surface area contributed by atoms with Crippen molar-refractivity contribution in [2.75, 3.05) is 0 Å². The summed E-state index contributed by atoms with van der Waals surface area (Å²) in [4.78, 5) is 12.0. The first-order valence-electron chi connectivity index (χ1n) is 10.4. The highest BCUT2D eigenvalue weighted by molar-refractivity contribution is 5.91. The molecular weight excluding hydrogens is 324 g/mol. The lowest BCUT2D eigenvalue weighted by Crippen LogP contribution is -2.54. The van der Waals surface area contributed by atoms with Crippen molar-refractivity contribution in [3.8, 4) is 0 Å². The summed E-state index contributed by atoms with van der Waals surface area (Å²) in [6.45, 7) is 6.57. The molecule has 5 rings (SSSR count). The molecule has 0 saturated heterocycles. The zero-order valence-electron chi connectivity index (χ0n) is 15.7. The predicted molar refractivity (Wildman–Crippen MR) is 100 cm³/mol. The summed E-state index contributed by atoms with van der Waals surface area (Å²) in [5, 5.41) is 10.0. The van der Waals surface area contributed by atoms with Crippen LogP contribution < -0.4 is 0 Å². The Labute approximate surface area is 156 Å². The SMILES string of the molecule is C=C[C@@H]1CC2=CC(=O)CC[C@@H]2C2CC[C@@]3(C)C(CC[C@@]34C=CC(O)O4)C21. The minimum atomic E-state index is -0.747. The number of rotatable bonds is 1. The third kappa shape index (κ3) is 2.10. The Bertz CT molecular complexity index is 706. The number of hydrogen-bond donors (Lipinski definition) is 1. The first-order chi connectivity index (χ1) is 12.5. The molecule has 0 bridgehead atoms. The zero-order chi connectivity index (χ0) is 18.1. The van der Waals surface area contributed by atoms with Gasteiger partial charge in [0.05, 0.1) is 5.60 Å². The Morgan fingerprint density at radius 3 is 2.88 bits per heavy atom. The van der Waals surface area contributed by atoms with Crippen molar-refractivity contribution in [2.45, 2.75) is 63.8 Å². The van der Waals surface area contributed by atoms with Gasteiger partial charge in [0, 0.05) is 11.8 Å². The fourth-order valence-electron chi connectivity index (χ4n) is 7.56. The van der Waals surface area contributed by atoms with Crippen LogP contribution in [0.2, 0.25) is 0 Å². The van der Waals surface area contributed by atoms with Gasteiger partial charge in [-0.2, -0.15) is 0 Å². The van der Waals surface area contributed by atoms with E-state index in [1.165, 1.54) is 18.4 Å². The molecule has 3 heteroatoms. The van der Waals surface area contributed by atoms with Gasteiger partial charge in [-0.3, -0.25) is 4.79 Å². The standard InChI is InChI=1S/C23H30O3/c1-3-14-12-15-13-16(24)4-5-17(15)18-6-9-22(2)19(21(14)18)7-10-23(22)11-8-20(25)26-23/h3,8,11,13-14,17-21,25H,1,4-7,9-10,12H2,2H3/t14-,17+,18?,19?,20?,21?,22+,23-/m1/s1. The lowest BCUT2D eigenvalue weighted by atomic mass is 9.48. The number of carbonyl (C=O) groups excluding carboxylic acids is 1. The van der Waals surface area contributed by atoms with Crippen LogP contribution in [0.25, 0.3) is 0 Å². The number of aliphatic hydroxyl groups excluding tert-OH is 1. The quantitative estimate of drug-likeness (QED) is 0.719. The molecule has 140 valence electrons. The second kappa shape index (κ2) is 5.65. The topological polar surface area (TPSA) is 46.5 Å². The number of ketones is 1. The molecule has 1 N–H and O–H groups in total. The number of hydrogen-bond acceptors (Lipinski definition) is 3. The van der Waals surface area contributed by atoms with Gasteiger partial charge in [-0.25, -0.2) is 0 Å². The molecule has 26 heavy (non-hydrogen) atoms. The molecule has 8 atom stereocenters. The highest BCUT2D eigenvalue weighted by atomic mass is 16.6. The summed E-state index contributed by atoms with van der Waals surface area (Å²) in [5.41, 5.74) is 1.21. The number of aliphatic hydroxyl groups is 1. The van der Waals surface area contributed by atoms with Crippen molar-refractivity contribution in [1.82, 2.24) is 0 Å². The van der Waals surface area contributed by atoms with Gasteiger partial charge in [-0.05, 0) is 80.3 Å². The highest BCUT2D eigenvalue weighted by Gasteiger charge is 2.65. The third-order valence-corrected chi connectivity index (χ3v) is 8.74. The van der Waals surface area contributed by atoms with Gasteiger partial charge >= 0.3 is 0 Å². The van der Waals surface area contributed by atoms with Crippen LogP contribution in [0.1, 0.15) is 51.9 Å². The van der Waals surface area contributed by atoms with Crippen LogP contribution in [-0.4, -0.2) is 22.8 Å². The fourth-order valence-corrected chi connectivity index (χ4v) is 7.56. The van der Waals surface area contributed by atoms with Gasteiger partial charge in [0.2, 0.25) is 0 Å². The van der Waals surface area contributed by atoms with E-state index >= 15 is 0 Å². The van der Waals surface area contributed by atoms with Crippen molar-refractivity contribution in [3.05, 3.63) is 36.5 Å². The van der Waals surface area contributed by atoms with Crippen LogP contribution >= 0.6 is 0 Å². The van der Waals surface area contributed by atoms with Crippen molar-refractivity contribution < 1.29 is 14.6 Å². The van der Waals surface area contributed by atoms with E-state index in [1.54, 1.807) is 0 Å². The van der Waals surface area contributed by atoms with E-state index in [0.29, 0.717) is 35.4 Å². The van der Waals surface area contributed by atoms with Gasteiger partial charge < -0.3 is 9.84 Å². The van der Waals surface area contributed by atoms with Crippen LogP contribution in [-0.2, 0) is 9.53 Å². The van der Waals surface area contributed by atoms with Gasteiger partial charge in [0.25, 0.3) is 0 Å². The first-order valence-corrected chi connectivity index (χ1v) is 10.4. The van der Waals surface area contributed by atoms with E-state index in [-0.39, 0.29) is 11.0 Å². The van der Waals surface area contributed by atoms with Crippen LogP contribution in [0, 0.1) is 35.0 Å². The molecule has 4 aliphatic carbocycles. The first kappa shape index (κ1) is 16.9. The maximum atomic E-state index is 12.0. The molecule has 0 amide bonds. The van der Waals surface area contributed by atoms with Gasteiger partial charge in [-0.15, -0.1) is 6.58 Å². The average Bonchev–Trinajstić information content (AvgIpc) is 3.14. The minimum Gasteiger partial charge on any atom is -0.365 e. The molecule has 3 saturated carbocycles. The molecule has 1 heterocycles. The monoisotopic (exact) mass is 354 g/mol. The average molecular weight is 354 g/mol. The van der Waals surface area contributed by atoms with Crippen molar-refractivity contribution in [3.63, 3.8) is 0 Å². The van der Waals surface area contributed by atoms with Gasteiger partial charge in [-0.1, -0.05) is 24.6 Å². The van der Waals surface area contributed by atoms with E-state index in [9.17, 15) is 9.90 Å². The fraction of sp³-hybridized carbons (Fsp3) is 0.696. The zero-order valence-corrected chi connectivity index (χ0v) is 15.7. The van der Waals surface area contributed by atoms with Crippen LogP contribution in [0.4, 0.5) is 0 Å². The molecule has 3 nitrogen and oxygen atoms in total. The number of fused-ring (bicyclic) bond motifs is 6. The summed E-state index contributed by atoms with van der Waals surface area (Å²) in [5.74, 6) is 3.30. The molecule has 1 aliphatic heterocycles.